The molecule has 4 aromatic rings. The smallest absolute Gasteiger partial charge is 0.406 e. The van der Waals surface area contributed by atoms with Crippen LogP contribution in [0.4, 0.5) is 13.2 Å². The Hall–Kier alpha value is -3.10. The second-order valence-corrected chi connectivity index (χ2v) is 13.2. The lowest BCUT2D eigenvalue weighted by molar-refractivity contribution is -0.274. The first-order chi connectivity index (χ1) is 17.6. The molecule has 1 fully saturated rings. The molecule has 0 saturated carbocycles. The van der Waals surface area contributed by atoms with Crippen LogP contribution in [0.5, 0.6) is 5.75 Å². The Morgan fingerprint density at radius 3 is 2.43 bits per heavy atom. The Kier molecular flexibility index (Phi) is 6.89. The van der Waals surface area contributed by atoms with Gasteiger partial charge >= 0.3 is 6.36 Å². The van der Waals surface area contributed by atoms with Crippen LogP contribution in [0.15, 0.2) is 55.0 Å². The van der Waals surface area contributed by atoms with Crippen LogP contribution in [-0.2, 0) is 18.0 Å². The molecule has 0 spiro atoms. The zero-order valence-corrected chi connectivity index (χ0v) is 21.7. The molecule has 7 nitrogen and oxygen atoms in total. The summed E-state index contributed by atoms with van der Waals surface area (Å²) in [5.74, 6) is -0.270. The summed E-state index contributed by atoms with van der Waals surface area (Å²) in [5.41, 5.74) is 4.16. The van der Waals surface area contributed by atoms with Gasteiger partial charge in [-0.2, -0.15) is 5.10 Å². The highest BCUT2D eigenvalue weighted by Gasteiger charge is 2.31. The van der Waals surface area contributed by atoms with E-state index < -0.39 is 13.5 Å². The van der Waals surface area contributed by atoms with E-state index in [1.165, 1.54) is 17.7 Å². The number of aryl methyl sites for hydroxylation is 2. The van der Waals surface area contributed by atoms with Gasteiger partial charge in [-0.3, -0.25) is 9.25 Å². The molecule has 3 aromatic heterocycles. The molecule has 5 rings (SSSR count). The largest absolute Gasteiger partial charge is 0.573 e. The molecule has 0 atom stereocenters. The summed E-state index contributed by atoms with van der Waals surface area (Å²) in [6.07, 6.45) is 4.49. The molecule has 0 bridgehead atoms. The van der Waals surface area contributed by atoms with Gasteiger partial charge in [-0.25, -0.2) is 4.98 Å². The molecule has 1 aromatic carbocycles. The predicted octanol–water partition coefficient (Wildman–Crippen LogP) is 5.57. The highest BCUT2D eigenvalue weighted by Crippen LogP contribution is 2.42. The number of hydrogen-bond donors (Lipinski definition) is 0. The molecule has 0 N–H and O–H groups in total. The van der Waals surface area contributed by atoms with Crippen LogP contribution in [0.25, 0.3) is 28.0 Å². The SMILES string of the molecule is Cn1cc(-n2cc(CCCN3CCP(C)(=O)CC3)c3ccc(-c4ccc(OC(F)(F)F)cc4)nc32)cn1. The third kappa shape index (κ3) is 6.08. The normalized spacial score (nSPS) is 16.4. The number of pyridine rings is 1. The molecule has 1 saturated heterocycles. The molecule has 0 aliphatic carbocycles. The monoisotopic (exact) mass is 531 g/mol. The molecule has 0 unspecified atom stereocenters. The molecule has 0 radical (unpaired) electrons. The molecule has 0 amide bonds. The molecule has 11 heteroatoms. The van der Waals surface area contributed by atoms with Crippen molar-refractivity contribution in [1.82, 2.24) is 24.2 Å². The second kappa shape index (κ2) is 9.99. The van der Waals surface area contributed by atoms with Crippen molar-refractivity contribution in [2.45, 2.75) is 19.2 Å². The Morgan fingerprint density at radius 2 is 1.78 bits per heavy atom. The number of ether oxygens (including phenoxy) is 1. The van der Waals surface area contributed by atoms with E-state index in [0.29, 0.717) is 11.3 Å². The maximum atomic E-state index is 12.5. The van der Waals surface area contributed by atoms with Crippen molar-refractivity contribution in [2.24, 2.45) is 7.05 Å². The van der Waals surface area contributed by atoms with Crippen LogP contribution in [0, 0.1) is 0 Å². The fraction of sp³-hybridized carbons (Fsp3) is 0.385. The topological polar surface area (TPSA) is 65.2 Å². The molecule has 37 heavy (non-hydrogen) atoms. The minimum absolute atomic E-state index is 0.270. The number of alkyl halides is 3. The third-order valence-corrected chi connectivity index (χ3v) is 9.08. The summed E-state index contributed by atoms with van der Waals surface area (Å²) in [7, 11) is -0.0815. The number of rotatable bonds is 7. The van der Waals surface area contributed by atoms with E-state index in [4.69, 9.17) is 4.98 Å². The number of halogens is 3. The maximum absolute atomic E-state index is 12.5. The zero-order valence-electron chi connectivity index (χ0n) is 20.8. The van der Waals surface area contributed by atoms with Crippen molar-refractivity contribution < 1.29 is 22.5 Å². The van der Waals surface area contributed by atoms with Crippen LogP contribution in [-0.4, -0.2) is 69.2 Å². The lowest BCUT2D eigenvalue weighted by Crippen LogP contribution is -2.35. The maximum Gasteiger partial charge on any atom is 0.573 e. The highest BCUT2D eigenvalue weighted by molar-refractivity contribution is 7.63. The van der Waals surface area contributed by atoms with Gasteiger partial charge in [-0.05, 0) is 68.0 Å². The van der Waals surface area contributed by atoms with Crippen molar-refractivity contribution >= 4 is 18.2 Å². The van der Waals surface area contributed by atoms with Crippen LogP contribution in [0.2, 0.25) is 0 Å². The van der Waals surface area contributed by atoms with Crippen molar-refractivity contribution in [2.75, 3.05) is 38.6 Å². The Balaban J connectivity index is 1.40. The Morgan fingerprint density at radius 1 is 1.05 bits per heavy atom. The Labute approximate surface area is 213 Å². The summed E-state index contributed by atoms with van der Waals surface area (Å²) in [6.45, 7) is 4.65. The number of benzene rings is 1. The van der Waals surface area contributed by atoms with E-state index in [1.807, 2.05) is 36.6 Å². The van der Waals surface area contributed by atoms with Crippen molar-refractivity contribution in [3.05, 3.63) is 60.6 Å². The second-order valence-electron chi connectivity index (χ2n) is 9.73. The lowest BCUT2D eigenvalue weighted by Gasteiger charge is -2.30. The van der Waals surface area contributed by atoms with Crippen LogP contribution in [0.3, 0.4) is 0 Å². The molecule has 4 heterocycles. The highest BCUT2D eigenvalue weighted by atomic mass is 31.2. The lowest BCUT2D eigenvalue weighted by atomic mass is 10.1. The van der Waals surface area contributed by atoms with Gasteiger partial charge in [0.15, 0.2) is 0 Å². The first kappa shape index (κ1) is 25.5. The fourth-order valence-electron chi connectivity index (χ4n) is 4.73. The fourth-order valence-corrected chi connectivity index (χ4v) is 6.37. The van der Waals surface area contributed by atoms with Gasteiger partial charge in [0.25, 0.3) is 0 Å². The van der Waals surface area contributed by atoms with Crippen LogP contribution < -0.4 is 4.74 Å². The van der Waals surface area contributed by atoms with Gasteiger partial charge in [0.1, 0.15) is 11.4 Å². The van der Waals surface area contributed by atoms with Gasteiger partial charge in [0, 0.05) is 55.8 Å². The molecular weight excluding hydrogens is 502 g/mol. The molecule has 196 valence electrons. The van der Waals surface area contributed by atoms with E-state index in [9.17, 15) is 17.7 Å². The van der Waals surface area contributed by atoms with Crippen LogP contribution in [0.1, 0.15) is 12.0 Å². The standard InChI is InChI=1S/C26H29F3N5O2P/c1-32-18-21(16-30-32)34-17-20(4-3-11-33-12-14-37(2,35)15-13-33)23-9-10-24(31-25(23)34)19-5-7-22(8-6-19)36-26(27,28)29/h5-10,16-18H,3-4,11-15H2,1-2H3. The number of nitrogens with zero attached hydrogens (tertiary/aromatic N) is 5. The number of hydrogen-bond acceptors (Lipinski definition) is 5. The van der Waals surface area contributed by atoms with Gasteiger partial charge in [-0.1, -0.05) is 0 Å². The molecule has 1 aliphatic rings. The summed E-state index contributed by atoms with van der Waals surface area (Å²) in [4.78, 5) is 7.28. The average molecular weight is 532 g/mol. The molecule has 1 aliphatic heterocycles. The summed E-state index contributed by atoms with van der Waals surface area (Å²) >= 11 is 0. The minimum Gasteiger partial charge on any atom is -0.406 e. The van der Waals surface area contributed by atoms with Gasteiger partial charge < -0.3 is 14.2 Å². The average Bonchev–Trinajstić information content (AvgIpc) is 3.43. The van der Waals surface area contributed by atoms with Crippen molar-refractivity contribution in [3.8, 4) is 22.7 Å². The number of fused-ring (bicyclic) bond motifs is 1. The van der Waals surface area contributed by atoms with E-state index in [-0.39, 0.29) is 5.75 Å². The quantitative estimate of drug-likeness (QED) is 0.292. The minimum atomic E-state index is -4.73. The van der Waals surface area contributed by atoms with Crippen molar-refractivity contribution in [1.29, 1.82) is 0 Å². The van der Waals surface area contributed by atoms with Crippen molar-refractivity contribution in [3.63, 3.8) is 0 Å². The van der Waals surface area contributed by atoms with E-state index in [0.717, 1.165) is 61.5 Å². The van der Waals surface area contributed by atoms with E-state index >= 15 is 0 Å². The summed E-state index contributed by atoms with van der Waals surface area (Å²) < 4.78 is 57.5. The van der Waals surface area contributed by atoms with Gasteiger partial charge in [0.2, 0.25) is 0 Å². The summed E-state index contributed by atoms with van der Waals surface area (Å²) in [6, 6.07) is 9.63. The van der Waals surface area contributed by atoms with Gasteiger partial charge in [0.05, 0.1) is 24.7 Å². The van der Waals surface area contributed by atoms with Crippen LogP contribution >= 0.6 is 7.14 Å². The van der Waals surface area contributed by atoms with Gasteiger partial charge in [-0.15, -0.1) is 13.2 Å². The zero-order chi connectivity index (χ0) is 26.2. The summed E-state index contributed by atoms with van der Waals surface area (Å²) in [5, 5.41) is 5.33. The predicted molar refractivity (Wildman–Crippen MR) is 138 cm³/mol. The van der Waals surface area contributed by atoms with E-state index in [1.54, 1.807) is 23.0 Å². The first-order valence-corrected chi connectivity index (χ1v) is 14.7. The Bertz CT molecular complexity index is 1430. The number of aromatic nitrogens is 4. The molecular formula is C26H29F3N5O2P. The first-order valence-electron chi connectivity index (χ1n) is 12.2. The van der Waals surface area contributed by atoms with E-state index in [2.05, 4.69) is 20.9 Å². The third-order valence-electron chi connectivity index (χ3n) is 6.79.